The van der Waals surface area contributed by atoms with Crippen LogP contribution in [0.3, 0.4) is 0 Å². The molecule has 0 aliphatic carbocycles. The van der Waals surface area contributed by atoms with Crippen molar-refractivity contribution in [2.24, 2.45) is 5.92 Å². The van der Waals surface area contributed by atoms with Crippen LogP contribution in [0.2, 0.25) is 0 Å². The second-order valence-electron chi connectivity index (χ2n) is 3.79. The van der Waals surface area contributed by atoms with E-state index in [1.54, 1.807) is 0 Å². The van der Waals surface area contributed by atoms with Gasteiger partial charge >= 0.3 is 0 Å². The number of rotatable bonds is 4. The van der Waals surface area contributed by atoms with Crippen molar-refractivity contribution in [2.45, 2.75) is 20.3 Å². The van der Waals surface area contributed by atoms with Crippen LogP contribution in [0, 0.1) is 5.92 Å². The van der Waals surface area contributed by atoms with Crippen molar-refractivity contribution in [2.75, 3.05) is 7.11 Å². The van der Waals surface area contributed by atoms with Gasteiger partial charge in [-0.2, -0.15) is 0 Å². The molecular weight excluding hydrogens is 195 g/mol. The van der Waals surface area contributed by atoms with Crippen LogP contribution in [-0.2, 0) is 15.5 Å². The van der Waals surface area contributed by atoms with Crippen molar-refractivity contribution in [3.05, 3.63) is 29.8 Å². The molecule has 0 bridgehead atoms. The highest BCUT2D eigenvalue weighted by Gasteiger charge is 2.02. The van der Waals surface area contributed by atoms with Crippen LogP contribution >= 0.6 is 8.03 Å². The lowest BCUT2D eigenvalue weighted by atomic mass is 10.0. The fourth-order valence-corrected chi connectivity index (χ4v) is 2.04. The van der Waals surface area contributed by atoms with Gasteiger partial charge in [-0.1, -0.05) is 26.0 Å². The standard InChI is InChI=1S/C11H17O2P/c1-9(2)8-10-4-6-11(7-5-10)14(12)13-3/h4-7,9,14H,8H2,1-3H3. The highest BCUT2D eigenvalue weighted by atomic mass is 31.1. The molecule has 2 nitrogen and oxygen atoms in total. The Kier molecular flexibility index (Phi) is 4.37. The van der Waals surface area contributed by atoms with Gasteiger partial charge in [0.1, 0.15) is 0 Å². The molecule has 1 aromatic rings. The zero-order chi connectivity index (χ0) is 10.6. The number of hydrogen-bond acceptors (Lipinski definition) is 2. The molecule has 0 saturated heterocycles. The van der Waals surface area contributed by atoms with Crippen molar-refractivity contribution in [3.8, 4) is 0 Å². The van der Waals surface area contributed by atoms with E-state index < -0.39 is 8.03 Å². The first-order valence-electron chi connectivity index (χ1n) is 4.80. The van der Waals surface area contributed by atoms with E-state index in [1.807, 2.05) is 24.3 Å². The van der Waals surface area contributed by atoms with Crippen molar-refractivity contribution in [3.63, 3.8) is 0 Å². The van der Waals surface area contributed by atoms with Crippen LogP contribution in [0.4, 0.5) is 0 Å². The smallest absolute Gasteiger partial charge is 0.220 e. The summed E-state index contributed by atoms with van der Waals surface area (Å²) >= 11 is 0. The molecule has 0 fully saturated rings. The zero-order valence-corrected chi connectivity index (χ0v) is 9.91. The third-order valence-electron chi connectivity index (χ3n) is 2.02. The van der Waals surface area contributed by atoms with Gasteiger partial charge in [-0.25, -0.2) is 0 Å². The average molecular weight is 212 g/mol. The molecule has 14 heavy (non-hydrogen) atoms. The molecule has 1 unspecified atom stereocenters. The van der Waals surface area contributed by atoms with Gasteiger partial charge in [-0.05, 0) is 30.0 Å². The first-order valence-corrected chi connectivity index (χ1v) is 6.12. The third kappa shape index (κ3) is 3.28. The Morgan fingerprint density at radius 3 is 2.29 bits per heavy atom. The molecule has 0 heterocycles. The fourth-order valence-electron chi connectivity index (χ4n) is 1.37. The molecular formula is C11H17O2P. The van der Waals surface area contributed by atoms with Gasteiger partial charge in [-0.15, -0.1) is 0 Å². The normalized spacial score (nSPS) is 13.1. The van der Waals surface area contributed by atoms with Gasteiger partial charge in [0.25, 0.3) is 0 Å². The molecule has 1 atom stereocenters. The summed E-state index contributed by atoms with van der Waals surface area (Å²) in [4.78, 5) is 0. The van der Waals surface area contributed by atoms with Crippen molar-refractivity contribution in [1.29, 1.82) is 0 Å². The van der Waals surface area contributed by atoms with E-state index in [2.05, 4.69) is 13.8 Å². The highest BCUT2D eigenvalue weighted by Crippen LogP contribution is 2.19. The fraction of sp³-hybridized carbons (Fsp3) is 0.455. The molecule has 0 radical (unpaired) electrons. The van der Waals surface area contributed by atoms with Crippen LogP contribution in [0.1, 0.15) is 19.4 Å². The maximum Gasteiger partial charge on any atom is 0.220 e. The van der Waals surface area contributed by atoms with Crippen LogP contribution in [0.5, 0.6) is 0 Å². The minimum Gasteiger partial charge on any atom is -0.331 e. The molecule has 0 aromatic heterocycles. The monoisotopic (exact) mass is 212 g/mol. The summed E-state index contributed by atoms with van der Waals surface area (Å²) in [5.74, 6) is 0.653. The summed E-state index contributed by atoms with van der Waals surface area (Å²) in [5.41, 5.74) is 1.29. The lowest BCUT2D eigenvalue weighted by Crippen LogP contribution is -1.99. The summed E-state index contributed by atoms with van der Waals surface area (Å²) in [6, 6.07) is 7.83. The molecule has 0 spiro atoms. The maximum atomic E-state index is 11.3. The minimum atomic E-state index is -2.00. The van der Waals surface area contributed by atoms with Gasteiger partial charge in [0.05, 0.1) is 0 Å². The van der Waals surface area contributed by atoms with Gasteiger partial charge in [0, 0.05) is 12.4 Å². The Labute approximate surface area is 86.2 Å². The molecule has 1 aromatic carbocycles. The quantitative estimate of drug-likeness (QED) is 0.717. The molecule has 0 saturated carbocycles. The number of benzene rings is 1. The summed E-state index contributed by atoms with van der Waals surface area (Å²) in [5, 5.41) is 0.796. The van der Waals surface area contributed by atoms with Crippen LogP contribution in [-0.4, -0.2) is 7.11 Å². The Morgan fingerprint density at radius 2 is 1.86 bits per heavy atom. The first kappa shape index (κ1) is 11.5. The Balaban J connectivity index is 2.73. The Bertz CT molecular complexity index is 304. The first-order chi connectivity index (χ1) is 6.63. The summed E-state index contributed by atoms with van der Waals surface area (Å²) in [6.45, 7) is 4.37. The van der Waals surface area contributed by atoms with E-state index in [-0.39, 0.29) is 0 Å². The largest absolute Gasteiger partial charge is 0.331 e. The molecule has 0 aliphatic heterocycles. The van der Waals surface area contributed by atoms with Crippen LogP contribution in [0.25, 0.3) is 0 Å². The second kappa shape index (κ2) is 5.33. The Morgan fingerprint density at radius 1 is 1.29 bits per heavy atom. The van der Waals surface area contributed by atoms with Crippen LogP contribution in [0.15, 0.2) is 24.3 Å². The predicted molar refractivity (Wildman–Crippen MR) is 60.6 cm³/mol. The zero-order valence-electron chi connectivity index (χ0n) is 8.91. The van der Waals surface area contributed by atoms with E-state index in [0.717, 1.165) is 11.7 Å². The van der Waals surface area contributed by atoms with E-state index in [1.165, 1.54) is 12.7 Å². The van der Waals surface area contributed by atoms with Crippen molar-refractivity contribution >= 4 is 13.3 Å². The van der Waals surface area contributed by atoms with Crippen LogP contribution < -0.4 is 5.30 Å². The maximum absolute atomic E-state index is 11.3. The highest BCUT2D eigenvalue weighted by molar-refractivity contribution is 7.48. The molecule has 3 heteroatoms. The van der Waals surface area contributed by atoms with E-state index >= 15 is 0 Å². The second-order valence-corrected chi connectivity index (χ2v) is 5.35. The minimum absolute atomic E-state index is 0.653. The molecule has 0 aliphatic rings. The molecule has 78 valence electrons. The summed E-state index contributed by atoms with van der Waals surface area (Å²) in [7, 11) is -0.526. The number of hydrogen-bond donors (Lipinski definition) is 0. The van der Waals surface area contributed by atoms with Gasteiger partial charge < -0.3 is 4.52 Å². The van der Waals surface area contributed by atoms with E-state index in [9.17, 15) is 4.57 Å². The molecule has 0 amide bonds. The summed E-state index contributed by atoms with van der Waals surface area (Å²) < 4.78 is 16.1. The van der Waals surface area contributed by atoms with Gasteiger partial charge in [0.15, 0.2) is 0 Å². The van der Waals surface area contributed by atoms with Crippen molar-refractivity contribution < 1.29 is 9.09 Å². The predicted octanol–water partition coefficient (Wildman–Crippen LogP) is 2.63. The lowest BCUT2D eigenvalue weighted by Gasteiger charge is -2.05. The van der Waals surface area contributed by atoms with Gasteiger partial charge in [-0.3, -0.25) is 4.57 Å². The average Bonchev–Trinajstić information content (AvgIpc) is 2.17. The van der Waals surface area contributed by atoms with E-state index in [0.29, 0.717) is 5.92 Å². The lowest BCUT2D eigenvalue weighted by molar-refractivity contribution is 0.423. The van der Waals surface area contributed by atoms with Gasteiger partial charge in [0.2, 0.25) is 8.03 Å². The van der Waals surface area contributed by atoms with E-state index in [4.69, 9.17) is 4.52 Å². The SMILES string of the molecule is CO[PH](=O)c1ccc(CC(C)C)cc1. The van der Waals surface area contributed by atoms with Crippen molar-refractivity contribution in [1.82, 2.24) is 0 Å². The topological polar surface area (TPSA) is 26.3 Å². The molecule has 0 N–H and O–H groups in total. The third-order valence-corrected chi connectivity index (χ3v) is 3.19. The summed E-state index contributed by atoms with van der Waals surface area (Å²) in [6.07, 6.45) is 1.06. The Hall–Kier alpha value is -0.590. The molecule has 1 rings (SSSR count).